The molecular weight excluding hydrogens is 408 g/mol. The lowest BCUT2D eigenvalue weighted by Gasteiger charge is -2.35. The van der Waals surface area contributed by atoms with E-state index in [-0.39, 0.29) is 17.3 Å². The molecule has 0 saturated carbocycles. The van der Waals surface area contributed by atoms with Crippen molar-refractivity contribution in [3.63, 3.8) is 0 Å². The number of hydrogen-bond donors (Lipinski definition) is 1. The van der Waals surface area contributed by atoms with E-state index in [1.807, 2.05) is 18.2 Å². The number of aromatic nitrogens is 1. The Morgan fingerprint density at radius 3 is 2.53 bits per heavy atom. The molecule has 4 rings (SSSR count). The molecule has 3 heterocycles. The van der Waals surface area contributed by atoms with E-state index in [9.17, 15) is 13.2 Å². The van der Waals surface area contributed by atoms with Gasteiger partial charge in [0.1, 0.15) is 5.82 Å². The number of benzene rings is 1. The van der Waals surface area contributed by atoms with E-state index >= 15 is 0 Å². The first-order valence-electron chi connectivity index (χ1n) is 9.86. The monoisotopic (exact) mass is 432 g/mol. The molecule has 0 aliphatic carbocycles. The summed E-state index contributed by atoms with van der Waals surface area (Å²) in [7, 11) is -3.85. The molecule has 1 amide bonds. The van der Waals surface area contributed by atoms with Crippen LogP contribution in [0, 0.1) is 0 Å². The van der Waals surface area contributed by atoms with Crippen molar-refractivity contribution >= 4 is 21.7 Å². The molecule has 0 bridgehead atoms. The average molecular weight is 433 g/mol. The molecule has 1 fully saturated rings. The minimum absolute atomic E-state index is 0.0412. The number of nitrogens with zero attached hydrogens (tertiary/aromatic N) is 3. The summed E-state index contributed by atoms with van der Waals surface area (Å²) in [6.07, 6.45) is 2.47. The zero-order chi connectivity index (χ0) is 21.0. The average Bonchev–Trinajstić information content (AvgIpc) is 3.03. The molecule has 30 heavy (non-hydrogen) atoms. The number of amides is 1. The van der Waals surface area contributed by atoms with E-state index in [1.165, 1.54) is 12.1 Å². The first-order valence-corrected chi connectivity index (χ1v) is 11.3. The van der Waals surface area contributed by atoms with Crippen LogP contribution < -0.4 is 19.1 Å². The molecule has 0 atom stereocenters. The van der Waals surface area contributed by atoms with Crippen LogP contribution in [0.2, 0.25) is 0 Å². The number of carbonyl (C=O) groups is 1. The summed E-state index contributed by atoms with van der Waals surface area (Å²) >= 11 is 0. The summed E-state index contributed by atoms with van der Waals surface area (Å²) in [5.41, 5.74) is 0. The van der Waals surface area contributed by atoms with Gasteiger partial charge in [0.15, 0.2) is 11.5 Å². The molecule has 0 unspecified atom stereocenters. The van der Waals surface area contributed by atoms with Crippen molar-refractivity contribution in [3.05, 3.63) is 42.6 Å². The summed E-state index contributed by atoms with van der Waals surface area (Å²) < 4.78 is 38.7. The predicted molar refractivity (Wildman–Crippen MR) is 110 cm³/mol. The molecule has 2 aliphatic rings. The minimum atomic E-state index is -3.85. The molecule has 10 heteroatoms. The van der Waals surface area contributed by atoms with Gasteiger partial charge in [0.25, 0.3) is 0 Å². The quantitative estimate of drug-likeness (QED) is 0.748. The number of carbonyl (C=O) groups excluding carboxylic acids is 1. The van der Waals surface area contributed by atoms with Gasteiger partial charge in [-0.1, -0.05) is 6.07 Å². The largest absolute Gasteiger partial charge is 0.490 e. The SMILES string of the molecule is O=C(CNS(=O)(=O)c1ccc2c(c1)OCCCO2)N1CCN(c2ccccn2)CC1. The highest BCUT2D eigenvalue weighted by Gasteiger charge is 2.24. The van der Waals surface area contributed by atoms with Crippen molar-refractivity contribution in [2.75, 3.05) is 50.8 Å². The van der Waals surface area contributed by atoms with Crippen LogP contribution in [0.5, 0.6) is 11.5 Å². The van der Waals surface area contributed by atoms with Gasteiger partial charge in [-0.3, -0.25) is 4.79 Å². The normalized spacial score (nSPS) is 16.8. The number of pyridine rings is 1. The van der Waals surface area contributed by atoms with E-state index in [1.54, 1.807) is 17.2 Å². The van der Waals surface area contributed by atoms with Crippen LogP contribution in [0.25, 0.3) is 0 Å². The van der Waals surface area contributed by atoms with Crippen LogP contribution in [0.4, 0.5) is 5.82 Å². The Labute approximate surface area is 175 Å². The molecule has 0 spiro atoms. The molecule has 2 aromatic rings. The Morgan fingerprint density at radius 2 is 1.80 bits per heavy atom. The van der Waals surface area contributed by atoms with Crippen molar-refractivity contribution < 1.29 is 22.7 Å². The molecule has 0 radical (unpaired) electrons. The van der Waals surface area contributed by atoms with Crippen LogP contribution in [-0.4, -0.2) is 70.1 Å². The lowest BCUT2D eigenvalue weighted by molar-refractivity contribution is -0.130. The summed E-state index contributed by atoms with van der Waals surface area (Å²) in [4.78, 5) is 20.6. The van der Waals surface area contributed by atoms with Gasteiger partial charge in [0.2, 0.25) is 15.9 Å². The van der Waals surface area contributed by atoms with Crippen LogP contribution in [-0.2, 0) is 14.8 Å². The second-order valence-electron chi connectivity index (χ2n) is 7.04. The molecule has 9 nitrogen and oxygen atoms in total. The van der Waals surface area contributed by atoms with E-state index < -0.39 is 10.0 Å². The number of fused-ring (bicyclic) bond motifs is 1. The Hall–Kier alpha value is -2.85. The van der Waals surface area contributed by atoms with Crippen LogP contribution in [0.3, 0.4) is 0 Å². The number of sulfonamides is 1. The minimum Gasteiger partial charge on any atom is -0.490 e. The second-order valence-corrected chi connectivity index (χ2v) is 8.81. The van der Waals surface area contributed by atoms with Crippen molar-refractivity contribution in [2.45, 2.75) is 11.3 Å². The van der Waals surface area contributed by atoms with Crippen molar-refractivity contribution in [2.24, 2.45) is 0 Å². The lowest BCUT2D eigenvalue weighted by Crippen LogP contribution is -2.51. The highest BCUT2D eigenvalue weighted by molar-refractivity contribution is 7.89. The zero-order valence-electron chi connectivity index (χ0n) is 16.5. The summed E-state index contributed by atoms with van der Waals surface area (Å²) in [5, 5.41) is 0. The van der Waals surface area contributed by atoms with Crippen LogP contribution in [0.15, 0.2) is 47.5 Å². The van der Waals surface area contributed by atoms with Crippen molar-refractivity contribution in [3.8, 4) is 11.5 Å². The third-order valence-electron chi connectivity index (χ3n) is 5.05. The first-order chi connectivity index (χ1) is 14.5. The van der Waals surface area contributed by atoms with Gasteiger partial charge in [-0.25, -0.2) is 18.1 Å². The van der Waals surface area contributed by atoms with Crippen LogP contribution in [0.1, 0.15) is 6.42 Å². The fourth-order valence-electron chi connectivity index (χ4n) is 3.39. The second kappa shape index (κ2) is 8.88. The molecule has 1 saturated heterocycles. The maximum absolute atomic E-state index is 12.6. The fourth-order valence-corrected chi connectivity index (χ4v) is 4.38. The maximum Gasteiger partial charge on any atom is 0.241 e. The third-order valence-corrected chi connectivity index (χ3v) is 6.45. The molecule has 1 aromatic carbocycles. The smallest absolute Gasteiger partial charge is 0.241 e. The van der Waals surface area contributed by atoms with Gasteiger partial charge >= 0.3 is 0 Å². The van der Waals surface area contributed by atoms with Crippen molar-refractivity contribution in [1.82, 2.24) is 14.6 Å². The molecular formula is C20H24N4O5S. The van der Waals surface area contributed by atoms with Crippen LogP contribution >= 0.6 is 0 Å². The van der Waals surface area contributed by atoms with Gasteiger partial charge in [-0.15, -0.1) is 0 Å². The Morgan fingerprint density at radius 1 is 1.03 bits per heavy atom. The summed E-state index contributed by atoms with van der Waals surface area (Å²) in [6.45, 7) is 3.03. The topological polar surface area (TPSA) is 101 Å². The Balaban J connectivity index is 1.33. The van der Waals surface area contributed by atoms with Crippen molar-refractivity contribution in [1.29, 1.82) is 0 Å². The standard InChI is InChI=1S/C20H24N4O5S/c25-20(24-10-8-23(9-11-24)19-4-1-2-7-21-19)15-22-30(26,27)16-5-6-17-18(14-16)29-13-3-12-28-17/h1-2,4-7,14,22H,3,8-13,15H2. The van der Waals surface area contributed by atoms with E-state index in [0.29, 0.717) is 50.9 Å². The van der Waals surface area contributed by atoms with Gasteiger partial charge in [-0.05, 0) is 24.3 Å². The fraction of sp³-hybridized carbons (Fsp3) is 0.400. The number of nitrogens with one attached hydrogen (secondary N) is 1. The zero-order valence-corrected chi connectivity index (χ0v) is 17.3. The molecule has 1 aromatic heterocycles. The highest BCUT2D eigenvalue weighted by Crippen LogP contribution is 2.31. The number of ether oxygens (including phenoxy) is 2. The highest BCUT2D eigenvalue weighted by atomic mass is 32.2. The Bertz CT molecular complexity index is 992. The van der Waals surface area contributed by atoms with Gasteiger partial charge in [0.05, 0.1) is 24.7 Å². The number of rotatable bonds is 5. The lowest BCUT2D eigenvalue weighted by atomic mass is 10.3. The van der Waals surface area contributed by atoms with Gasteiger partial charge < -0.3 is 19.3 Å². The molecule has 160 valence electrons. The predicted octanol–water partition coefficient (Wildman–Crippen LogP) is 0.870. The first kappa shape index (κ1) is 20.4. The number of anilines is 1. The van der Waals surface area contributed by atoms with E-state index in [4.69, 9.17) is 9.47 Å². The summed E-state index contributed by atoms with van der Waals surface area (Å²) in [6, 6.07) is 10.2. The number of piperazine rings is 1. The van der Waals surface area contributed by atoms with E-state index in [0.717, 1.165) is 12.2 Å². The third kappa shape index (κ3) is 4.65. The van der Waals surface area contributed by atoms with Gasteiger partial charge in [0, 0.05) is 44.9 Å². The van der Waals surface area contributed by atoms with E-state index in [2.05, 4.69) is 14.6 Å². The Kier molecular flexibility index (Phi) is 6.05. The number of hydrogen-bond acceptors (Lipinski definition) is 7. The maximum atomic E-state index is 12.6. The molecule has 1 N–H and O–H groups in total. The summed E-state index contributed by atoms with van der Waals surface area (Å²) in [5.74, 6) is 1.54. The van der Waals surface area contributed by atoms with Gasteiger partial charge in [-0.2, -0.15) is 0 Å². The molecule has 2 aliphatic heterocycles.